The van der Waals surface area contributed by atoms with Gasteiger partial charge in [-0.05, 0) is 6.54 Å². The number of ether oxygens (including phenoxy) is 1. The van der Waals surface area contributed by atoms with E-state index in [1.165, 1.54) is 15.6 Å². The lowest BCUT2D eigenvalue weighted by Crippen LogP contribution is -2.35. The summed E-state index contributed by atoms with van der Waals surface area (Å²) in [5.41, 5.74) is 1.37. The monoisotopic (exact) mass is 297 g/mol. The molecule has 0 spiro atoms. The second kappa shape index (κ2) is 6.98. The van der Waals surface area contributed by atoms with Gasteiger partial charge in [-0.3, -0.25) is 4.90 Å². The van der Waals surface area contributed by atoms with Crippen LogP contribution in [0.5, 0.6) is 0 Å². The number of nitrogens with zero attached hydrogens (tertiary/aromatic N) is 2. The van der Waals surface area contributed by atoms with Crippen LogP contribution in [0.2, 0.25) is 0 Å². The summed E-state index contributed by atoms with van der Waals surface area (Å²) in [6, 6.07) is 0. The minimum atomic E-state index is 0.116. The van der Waals surface area contributed by atoms with Crippen LogP contribution in [0.25, 0.3) is 0 Å². The van der Waals surface area contributed by atoms with Crippen LogP contribution in [-0.2, 0) is 23.2 Å². The third-order valence-electron chi connectivity index (χ3n) is 3.45. The van der Waals surface area contributed by atoms with Gasteiger partial charge in [-0.25, -0.2) is 4.98 Å². The van der Waals surface area contributed by atoms with Crippen LogP contribution in [0, 0.1) is 0 Å². The molecule has 0 amide bonds. The standard InChI is InChI=1S/C15H27N3OS/c1-5-16-10-12-14(15(2,3)4)17-13(20-12)11-18-6-8-19-9-7-18/h16H,5-11H2,1-4H3. The molecular formula is C15H27N3OS. The SMILES string of the molecule is CCNCc1sc(CN2CCOCC2)nc1C(C)(C)C. The number of morpholine rings is 1. The van der Waals surface area contributed by atoms with Gasteiger partial charge in [-0.1, -0.05) is 27.7 Å². The summed E-state index contributed by atoms with van der Waals surface area (Å²) in [6.45, 7) is 15.5. The van der Waals surface area contributed by atoms with Crippen molar-refractivity contribution in [3.05, 3.63) is 15.6 Å². The van der Waals surface area contributed by atoms with Gasteiger partial charge >= 0.3 is 0 Å². The van der Waals surface area contributed by atoms with Crippen molar-refractivity contribution in [2.45, 2.75) is 46.2 Å². The van der Waals surface area contributed by atoms with Crippen molar-refractivity contribution in [1.29, 1.82) is 0 Å². The zero-order chi connectivity index (χ0) is 14.6. The highest BCUT2D eigenvalue weighted by Crippen LogP contribution is 2.30. The van der Waals surface area contributed by atoms with Crippen LogP contribution >= 0.6 is 11.3 Å². The molecule has 0 saturated carbocycles. The molecule has 2 heterocycles. The van der Waals surface area contributed by atoms with E-state index in [2.05, 4.69) is 37.9 Å². The summed E-state index contributed by atoms with van der Waals surface area (Å²) in [4.78, 5) is 8.75. The topological polar surface area (TPSA) is 37.4 Å². The Morgan fingerprint density at radius 3 is 2.60 bits per heavy atom. The van der Waals surface area contributed by atoms with Gasteiger partial charge in [0.15, 0.2) is 0 Å². The number of nitrogens with one attached hydrogen (secondary N) is 1. The van der Waals surface area contributed by atoms with E-state index in [1.54, 1.807) is 0 Å². The number of hydrogen-bond donors (Lipinski definition) is 1. The molecule has 1 aromatic rings. The highest BCUT2D eigenvalue weighted by molar-refractivity contribution is 7.11. The van der Waals surface area contributed by atoms with Crippen molar-refractivity contribution in [1.82, 2.24) is 15.2 Å². The van der Waals surface area contributed by atoms with Crippen molar-refractivity contribution in [3.63, 3.8) is 0 Å². The van der Waals surface area contributed by atoms with E-state index in [4.69, 9.17) is 9.72 Å². The summed E-state index contributed by atoms with van der Waals surface area (Å²) in [6.07, 6.45) is 0. The Morgan fingerprint density at radius 1 is 1.30 bits per heavy atom. The molecule has 1 saturated heterocycles. The van der Waals surface area contributed by atoms with Crippen LogP contribution < -0.4 is 5.32 Å². The summed E-state index contributed by atoms with van der Waals surface area (Å²) in [5, 5.41) is 4.67. The van der Waals surface area contributed by atoms with Crippen LogP contribution in [-0.4, -0.2) is 42.7 Å². The van der Waals surface area contributed by atoms with E-state index in [-0.39, 0.29) is 5.41 Å². The van der Waals surface area contributed by atoms with E-state index in [0.717, 1.165) is 45.9 Å². The first-order valence-corrected chi connectivity index (χ1v) is 8.32. The molecule has 4 nitrogen and oxygen atoms in total. The predicted octanol–water partition coefficient (Wildman–Crippen LogP) is 2.38. The first-order valence-electron chi connectivity index (χ1n) is 7.50. The smallest absolute Gasteiger partial charge is 0.107 e. The van der Waals surface area contributed by atoms with Crippen molar-refractivity contribution in [3.8, 4) is 0 Å². The third kappa shape index (κ3) is 4.25. The zero-order valence-electron chi connectivity index (χ0n) is 13.2. The number of rotatable bonds is 5. The fraction of sp³-hybridized carbons (Fsp3) is 0.800. The second-order valence-electron chi connectivity index (χ2n) is 6.30. The largest absolute Gasteiger partial charge is 0.379 e. The lowest BCUT2D eigenvalue weighted by Gasteiger charge is -2.25. The maximum atomic E-state index is 5.41. The van der Waals surface area contributed by atoms with E-state index in [9.17, 15) is 0 Å². The first kappa shape index (κ1) is 15.9. The molecule has 1 fully saturated rings. The number of thiazole rings is 1. The fourth-order valence-electron chi connectivity index (χ4n) is 2.36. The van der Waals surface area contributed by atoms with Crippen LogP contribution in [0.15, 0.2) is 0 Å². The van der Waals surface area contributed by atoms with Crippen molar-refractivity contribution in [2.75, 3.05) is 32.8 Å². The Balaban J connectivity index is 2.10. The van der Waals surface area contributed by atoms with E-state index in [0.29, 0.717) is 0 Å². The second-order valence-corrected chi connectivity index (χ2v) is 7.47. The van der Waals surface area contributed by atoms with Crippen LogP contribution in [0.1, 0.15) is 43.3 Å². The number of aromatic nitrogens is 1. The molecule has 0 unspecified atom stereocenters. The highest BCUT2D eigenvalue weighted by Gasteiger charge is 2.23. The van der Waals surface area contributed by atoms with Crippen LogP contribution in [0.4, 0.5) is 0 Å². The molecule has 0 aliphatic carbocycles. The van der Waals surface area contributed by atoms with E-state index >= 15 is 0 Å². The van der Waals surface area contributed by atoms with E-state index in [1.807, 2.05) is 11.3 Å². The van der Waals surface area contributed by atoms with Crippen molar-refractivity contribution in [2.24, 2.45) is 0 Å². The first-order chi connectivity index (χ1) is 9.50. The Labute approximate surface area is 126 Å². The molecule has 1 aliphatic heterocycles. The Bertz CT molecular complexity index is 419. The molecular weight excluding hydrogens is 270 g/mol. The van der Waals surface area contributed by atoms with Crippen molar-refractivity contribution < 1.29 is 4.74 Å². The average Bonchev–Trinajstić information content (AvgIpc) is 2.80. The maximum absolute atomic E-state index is 5.41. The Morgan fingerprint density at radius 2 is 2.00 bits per heavy atom. The molecule has 0 atom stereocenters. The lowest BCUT2D eigenvalue weighted by molar-refractivity contribution is 0.0341. The molecule has 114 valence electrons. The Hall–Kier alpha value is -0.490. The fourth-order valence-corrected chi connectivity index (χ4v) is 3.65. The molecule has 1 N–H and O–H groups in total. The van der Waals surface area contributed by atoms with Gasteiger partial charge in [-0.2, -0.15) is 0 Å². The van der Waals surface area contributed by atoms with Gasteiger partial charge in [0.25, 0.3) is 0 Å². The van der Waals surface area contributed by atoms with Crippen molar-refractivity contribution >= 4 is 11.3 Å². The van der Waals surface area contributed by atoms with Gasteiger partial charge < -0.3 is 10.1 Å². The molecule has 2 rings (SSSR count). The van der Waals surface area contributed by atoms with Gasteiger partial charge in [0.1, 0.15) is 5.01 Å². The molecule has 0 bridgehead atoms. The summed E-state index contributed by atoms with van der Waals surface area (Å²) < 4.78 is 5.41. The summed E-state index contributed by atoms with van der Waals surface area (Å²) in [7, 11) is 0. The lowest BCUT2D eigenvalue weighted by atomic mass is 9.91. The maximum Gasteiger partial charge on any atom is 0.107 e. The average molecular weight is 297 g/mol. The summed E-state index contributed by atoms with van der Waals surface area (Å²) >= 11 is 1.86. The number of hydrogen-bond acceptors (Lipinski definition) is 5. The molecule has 1 aromatic heterocycles. The quantitative estimate of drug-likeness (QED) is 0.905. The van der Waals surface area contributed by atoms with Gasteiger partial charge in [0.05, 0.1) is 25.5 Å². The van der Waals surface area contributed by atoms with Gasteiger partial charge in [-0.15, -0.1) is 11.3 Å². The molecule has 0 aromatic carbocycles. The third-order valence-corrected chi connectivity index (χ3v) is 4.49. The Kier molecular flexibility index (Phi) is 5.55. The highest BCUT2D eigenvalue weighted by atomic mass is 32.1. The van der Waals surface area contributed by atoms with Gasteiger partial charge in [0, 0.05) is 29.9 Å². The van der Waals surface area contributed by atoms with E-state index < -0.39 is 0 Å². The zero-order valence-corrected chi connectivity index (χ0v) is 14.0. The normalized spacial score (nSPS) is 17.6. The molecule has 20 heavy (non-hydrogen) atoms. The van der Waals surface area contributed by atoms with Crippen LogP contribution in [0.3, 0.4) is 0 Å². The molecule has 1 aliphatic rings. The van der Waals surface area contributed by atoms with Gasteiger partial charge in [0.2, 0.25) is 0 Å². The minimum Gasteiger partial charge on any atom is -0.379 e. The molecule has 5 heteroatoms. The molecule has 0 radical (unpaired) electrons. The predicted molar refractivity (Wildman–Crippen MR) is 84.3 cm³/mol. The summed E-state index contributed by atoms with van der Waals surface area (Å²) in [5.74, 6) is 0. The minimum absolute atomic E-state index is 0.116.